The molecule has 0 spiro atoms. The standard InChI is InChI=1S/C58H35N7/c59-36-38-29-39(37-60)31-46(30-38)44-25-27-48-47-23-13-14-24-54(47)65(56(48)33-44)55-28-26-45(53-35-50(40-15-5-1-6-16-40)61-57(62-53)43-21-11-4-12-22-43)32-49(55)58-63-51(41-17-7-2-8-18-41)34-52(64-58)42-19-9-3-10-20-42/h1-35H. The largest absolute Gasteiger partial charge is 0.308 e. The van der Waals surface area contributed by atoms with E-state index >= 15 is 0 Å². The number of aromatic nitrogens is 5. The third-order valence-corrected chi connectivity index (χ3v) is 11.7. The topological polar surface area (TPSA) is 104 Å². The maximum atomic E-state index is 9.88. The van der Waals surface area contributed by atoms with Gasteiger partial charge in [-0.25, -0.2) is 19.9 Å². The van der Waals surface area contributed by atoms with Crippen molar-refractivity contribution in [3.05, 3.63) is 223 Å². The number of hydrogen-bond donors (Lipinski definition) is 0. The fourth-order valence-corrected chi connectivity index (χ4v) is 8.55. The summed E-state index contributed by atoms with van der Waals surface area (Å²) < 4.78 is 2.28. The van der Waals surface area contributed by atoms with E-state index in [0.717, 1.165) is 94.8 Å². The molecule has 3 heterocycles. The Bertz CT molecular complexity index is 3520. The Morgan fingerprint density at radius 3 is 1.34 bits per heavy atom. The SMILES string of the molecule is N#Cc1cc(C#N)cc(-c2ccc3c4ccccc4n(-c4ccc(-c5cc(-c6ccccc6)nc(-c6ccccc6)n5)cc4-c4nc(-c5ccccc5)cc(-c5ccccc5)n4)c3c2)c1. The fourth-order valence-electron chi connectivity index (χ4n) is 8.55. The van der Waals surface area contributed by atoms with E-state index in [2.05, 4.69) is 126 Å². The Hall–Kier alpha value is -9.30. The Morgan fingerprint density at radius 1 is 0.323 bits per heavy atom. The van der Waals surface area contributed by atoms with E-state index in [1.165, 1.54) is 0 Å². The van der Waals surface area contributed by atoms with E-state index in [9.17, 15) is 10.5 Å². The molecule has 0 saturated carbocycles. The Balaban J connectivity index is 1.21. The smallest absolute Gasteiger partial charge is 0.162 e. The zero-order chi connectivity index (χ0) is 43.7. The van der Waals surface area contributed by atoms with E-state index < -0.39 is 0 Å². The first kappa shape index (κ1) is 38.6. The highest BCUT2D eigenvalue weighted by Crippen LogP contribution is 2.40. The number of benzene rings is 8. The molecule has 7 nitrogen and oxygen atoms in total. The lowest BCUT2D eigenvalue weighted by Crippen LogP contribution is -2.03. The Kier molecular flexibility index (Phi) is 9.82. The highest BCUT2D eigenvalue weighted by Gasteiger charge is 2.22. The lowest BCUT2D eigenvalue weighted by atomic mass is 9.99. The summed E-state index contributed by atoms with van der Waals surface area (Å²) in [5.41, 5.74) is 14.0. The van der Waals surface area contributed by atoms with Crippen LogP contribution in [0.25, 0.3) is 106 Å². The van der Waals surface area contributed by atoms with Gasteiger partial charge in [0.1, 0.15) is 0 Å². The van der Waals surface area contributed by atoms with Crippen LogP contribution in [0.15, 0.2) is 212 Å². The number of rotatable bonds is 8. The van der Waals surface area contributed by atoms with Crippen LogP contribution in [0.1, 0.15) is 11.1 Å². The van der Waals surface area contributed by atoms with Gasteiger partial charge in [-0.1, -0.05) is 158 Å². The molecule has 0 aliphatic carbocycles. The molecule has 0 fully saturated rings. The second-order valence-corrected chi connectivity index (χ2v) is 15.7. The minimum Gasteiger partial charge on any atom is -0.308 e. The summed E-state index contributed by atoms with van der Waals surface area (Å²) in [6, 6.07) is 75.6. The van der Waals surface area contributed by atoms with Crippen LogP contribution in [0, 0.1) is 22.7 Å². The third kappa shape index (κ3) is 7.36. The van der Waals surface area contributed by atoms with Crippen molar-refractivity contribution in [1.29, 1.82) is 10.5 Å². The summed E-state index contributed by atoms with van der Waals surface area (Å²) in [4.78, 5) is 21.1. The molecule has 0 atom stereocenters. The van der Waals surface area contributed by atoms with Crippen molar-refractivity contribution >= 4 is 21.8 Å². The summed E-state index contributed by atoms with van der Waals surface area (Å²) in [5, 5.41) is 21.9. The number of nitriles is 2. The van der Waals surface area contributed by atoms with E-state index in [1.54, 1.807) is 6.07 Å². The summed E-state index contributed by atoms with van der Waals surface area (Å²) in [6.07, 6.45) is 0. The van der Waals surface area contributed by atoms with Crippen LogP contribution < -0.4 is 0 Å². The molecule has 11 aromatic rings. The predicted octanol–water partition coefficient (Wildman–Crippen LogP) is 13.8. The van der Waals surface area contributed by atoms with Crippen molar-refractivity contribution in [3.8, 4) is 96.8 Å². The zero-order valence-electron chi connectivity index (χ0n) is 34.8. The van der Waals surface area contributed by atoms with Crippen LogP contribution in [-0.2, 0) is 0 Å². The minimum absolute atomic E-state index is 0.429. The molecular formula is C58H35N7. The molecule has 0 aliphatic heterocycles. The minimum atomic E-state index is 0.429. The molecule has 302 valence electrons. The molecule has 0 unspecified atom stereocenters. The first-order chi connectivity index (χ1) is 32.1. The van der Waals surface area contributed by atoms with Gasteiger partial charge in [0.15, 0.2) is 11.6 Å². The van der Waals surface area contributed by atoms with Crippen molar-refractivity contribution in [2.75, 3.05) is 0 Å². The van der Waals surface area contributed by atoms with Gasteiger partial charge in [-0.3, -0.25) is 0 Å². The van der Waals surface area contributed by atoms with Crippen molar-refractivity contribution in [2.45, 2.75) is 0 Å². The maximum Gasteiger partial charge on any atom is 0.162 e. The van der Waals surface area contributed by atoms with Crippen LogP contribution >= 0.6 is 0 Å². The van der Waals surface area contributed by atoms with Gasteiger partial charge in [-0.15, -0.1) is 0 Å². The molecule has 0 saturated heterocycles. The average Bonchev–Trinajstić information content (AvgIpc) is 3.72. The molecule has 3 aromatic heterocycles. The first-order valence-electron chi connectivity index (χ1n) is 21.2. The van der Waals surface area contributed by atoms with Gasteiger partial charge >= 0.3 is 0 Å². The van der Waals surface area contributed by atoms with Gasteiger partial charge in [0.2, 0.25) is 0 Å². The average molecular weight is 830 g/mol. The van der Waals surface area contributed by atoms with Crippen molar-refractivity contribution < 1.29 is 0 Å². The van der Waals surface area contributed by atoms with Crippen molar-refractivity contribution in [1.82, 2.24) is 24.5 Å². The van der Waals surface area contributed by atoms with E-state index in [0.29, 0.717) is 22.8 Å². The Labute approximate surface area is 375 Å². The number of para-hydroxylation sites is 1. The van der Waals surface area contributed by atoms with Gasteiger partial charge in [0, 0.05) is 44.2 Å². The lowest BCUT2D eigenvalue weighted by Gasteiger charge is -2.17. The normalized spacial score (nSPS) is 11.0. The molecule has 0 amide bonds. The predicted molar refractivity (Wildman–Crippen MR) is 259 cm³/mol. The monoisotopic (exact) mass is 829 g/mol. The molecule has 0 N–H and O–H groups in total. The zero-order valence-corrected chi connectivity index (χ0v) is 34.8. The quantitative estimate of drug-likeness (QED) is 0.151. The molecule has 0 radical (unpaired) electrons. The number of fused-ring (bicyclic) bond motifs is 3. The maximum absolute atomic E-state index is 9.88. The van der Waals surface area contributed by atoms with Crippen LogP contribution in [0.4, 0.5) is 0 Å². The molecule has 7 heteroatoms. The van der Waals surface area contributed by atoms with Crippen LogP contribution in [0.5, 0.6) is 0 Å². The molecule has 0 aliphatic rings. The highest BCUT2D eigenvalue weighted by molar-refractivity contribution is 6.11. The van der Waals surface area contributed by atoms with Gasteiger partial charge in [0.25, 0.3) is 0 Å². The summed E-state index contributed by atoms with van der Waals surface area (Å²) in [6.45, 7) is 0. The lowest BCUT2D eigenvalue weighted by molar-refractivity contribution is 1.13. The molecular weight excluding hydrogens is 795 g/mol. The first-order valence-corrected chi connectivity index (χ1v) is 21.2. The Morgan fingerprint density at radius 2 is 0.785 bits per heavy atom. The molecule has 11 rings (SSSR count). The summed E-state index contributed by atoms with van der Waals surface area (Å²) in [7, 11) is 0. The van der Waals surface area contributed by atoms with Crippen molar-refractivity contribution in [3.63, 3.8) is 0 Å². The molecule has 65 heavy (non-hydrogen) atoms. The fraction of sp³-hybridized carbons (Fsp3) is 0. The van der Waals surface area contributed by atoms with Gasteiger partial charge in [-0.05, 0) is 65.7 Å². The van der Waals surface area contributed by atoms with Gasteiger partial charge in [-0.2, -0.15) is 10.5 Å². The number of nitrogens with zero attached hydrogens (tertiary/aromatic N) is 7. The van der Waals surface area contributed by atoms with Crippen LogP contribution in [-0.4, -0.2) is 24.5 Å². The van der Waals surface area contributed by atoms with E-state index in [4.69, 9.17) is 19.9 Å². The second kappa shape index (κ2) is 16.5. The summed E-state index contributed by atoms with van der Waals surface area (Å²) in [5.74, 6) is 1.17. The number of hydrogen-bond acceptors (Lipinski definition) is 6. The van der Waals surface area contributed by atoms with Gasteiger partial charge < -0.3 is 4.57 Å². The molecule has 0 bridgehead atoms. The highest BCUT2D eigenvalue weighted by atomic mass is 15.0. The van der Waals surface area contributed by atoms with E-state index in [-0.39, 0.29) is 0 Å². The van der Waals surface area contributed by atoms with Crippen molar-refractivity contribution in [2.24, 2.45) is 0 Å². The third-order valence-electron chi connectivity index (χ3n) is 11.7. The second-order valence-electron chi connectivity index (χ2n) is 15.7. The summed E-state index contributed by atoms with van der Waals surface area (Å²) >= 11 is 0. The van der Waals surface area contributed by atoms with Crippen LogP contribution in [0.3, 0.4) is 0 Å². The van der Waals surface area contributed by atoms with Gasteiger partial charge in [0.05, 0.1) is 62.8 Å². The van der Waals surface area contributed by atoms with Crippen LogP contribution in [0.2, 0.25) is 0 Å². The molecule has 8 aromatic carbocycles. The van der Waals surface area contributed by atoms with E-state index in [1.807, 2.05) is 97.1 Å².